The normalized spacial score (nSPS) is 10.8. The molecule has 0 fully saturated rings. The summed E-state index contributed by atoms with van der Waals surface area (Å²) in [4.78, 5) is 12.5. The van der Waals surface area contributed by atoms with Gasteiger partial charge in [0.1, 0.15) is 18.0 Å². The molecule has 0 spiro atoms. The Bertz CT molecular complexity index is 958. The van der Waals surface area contributed by atoms with Gasteiger partial charge in [-0.3, -0.25) is 4.55 Å². The van der Waals surface area contributed by atoms with Gasteiger partial charge in [0.2, 0.25) is 0 Å². The third-order valence-electron chi connectivity index (χ3n) is 2.63. The van der Waals surface area contributed by atoms with Gasteiger partial charge in [0, 0.05) is 22.4 Å². The number of pyridine rings is 1. The zero-order valence-electron chi connectivity index (χ0n) is 12.5. The lowest BCUT2D eigenvalue weighted by molar-refractivity contribution is 0.490. The van der Waals surface area contributed by atoms with Gasteiger partial charge in [0.05, 0.1) is 17.2 Å². The van der Waals surface area contributed by atoms with Crippen LogP contribution >= 0.6 is 15.9 Å². The summed E-state index contributed by atoms with van der Waals surface area (Å²) in [5, 5.41) is 4.08. The van der Waals surface area contributed by atoms with Gasteiger partial charge >= 0.3 is 0 Å². The van der Waals surface area contributed by atoms with Gasteiger partial charge in [-0.25, -0.2) is 15.0 Å². The van der Waals surface area contributed by atoms with E-state index in [0.717, 1.165) is 21.1 Å². The van der Waals surface area contributed by atoms with E-state index in [1.165, 1.54) is 6.33 Å². The highest BCUT2D eigenvalue weighted by Crippen LogP contribution is 2.24. The van der Waals surface area contributed by atoms with E-state index < -0.39 is 10.1 Å². The van der Waals surface area contributed by atoms with E-state index in [4.69, 9.17) is 10.3 Å². The SMILES string of the molecule is CS(=O)(=O)O.Nc1cc2ncnc(Nc3cccc(Br)c3)c2cn1. The van der Waals surface area contributed by atoms with Crippen molar-refractivity contribution in [1.29, 1.82) is 0 Å². The third-order valence-corrected chi connectivity index (χ3v) is 3.12. The van der Waals surface area contributed by atoms with Crippen molar-refractivity contribution in [3.05, 3.63) is 47.3 Å². The predicted molar refractivity (Wildman–Crippen MR) is 96.6 cm³/mol. The number of rotatable bonds is 2. The van der Waals surface area contributed by atoms with Gasteiger partial charge < -0.3 is 11.1 Å². The van der Waals surface area contributed by atoms with Crippen molar-refractivity contribution in [2.75, 3.05) is 17.3 Å². The number of hydrogen-bond donors (Lipinski definition) is 3. The minimum Gasteiger partial charge on any atom is -0.384 e. The van der Waals surface area contributed by atoms with E-state index in [0.29, 0.717) is 17.9 Å². The van der Waals surface area contributed by atoms with Crippen LogP contribution in [-0.2, 0) is 10.1 Å². The number of fused-ring (bicyclic) bond motifs is 1. The largest absolute Gasteiger partial charge is 0.384 e. The smallest absolute Gasteiger partial charge is 0.261 e. The Labute approximate surface area is 147 Å². The number of nitrogens with one attached hydrogen (secondary N) is 1. The molecule has 24 heavy (non-hydrogen) atoms. The zero-order valence-corrected chi connectivity index (χ0v) is 14.9. The van der Waals surface area contributed by atoms with Crippen molar-refractivity contribution < 1.29 is 13.0 Å². The zero-order chi connectivity index (χ0) is 17.7. The van der Waals surface area contributed by atoms with Crippen LogP contribution in [0.2, 0.25) is 0 Å². The molecule has 0 atom stereocenters. The number of aromatic nitrogens is 3. The topological polar surface area (TPSA) is 131 Å². The quantitative estimate of drug-likeness (QED) is 0.548. The van der Waals surface area contributed by atoms with Crippen LogP contribution in [0.4, 0.5) is 17.3 Å². The van der Waals surface area contributed by atoms with Gasteiger partial charge in [-0.1, -0.05) is 22.0 Å². The molecule has 0 unspecified atom stereocenters. The second-order valence-electron chi connectivity index (χ2n) is 4.72. The first-order valence-electron chi connectivity index (χ1n) is 6.53. The van der Waals surface area contributed by atoms with Crippen LogP contribution < -0.4 is 11.1 Å². The number of hydrogen-bond acceptors (Lipinski definition) is 7. The third kappa shape index (κ3) is 5.72. The molecule has 0 bridgehead atoms. The molecule has 0 aliphatic carbocycles. The standard InChI is InChI=1S/C13H10BrN5.CH4O3S/c14-8-2-1-3-9(4-8)19-13-10-6-16-12(15)5-11(10)17-7-18-13;1-5(2,3)4/h1-7H,(H2,15,16)(H,17,18,19);1H3,(H,2,3,4). The van der Waals surface area contributed by atoms with Gasteiger partial charge in [-0.15, -0.1) is 0 Å². The average molecular weight is 412 g/mol. The Balaban J connectivity index is 0.000000368. The molecule has 0 aliphatic heterocycles. The molecule has 2 heterocycles. The summed E-state index contributed by atoms with van der Waals surface area (Å²) in [6.07, 6.45) is 3.89. The molecule has 0 amide bonds. The second kappa shape index (κ2) is 7.51. The van der Waals surface area contributed by atoms with Gasteiger partial charge in [0.25, 0.3) is 10.1 Å². The molecule has 3 aromatic rings. The summed E-state index contributed by atoms with van der Waals surface area (Å²) in [5.41, 5.74) is 7.35. The van der Waals surface area contributed by atoms with Crippen LogP contribution in [0, 0.1) is 0 Å². The highest BCUT2D eigenvalue weighted by Gasteiger charge is 2.05. The van der Waals surface area contributed by atoms with E-state index in [1.54, 1.807) is 12.3 Å². The monoisotopic (exact) mass is 411 g/mol. The first-order valence-corrected chi connectivity index (χ1v) is 9.18. The number of benzene rings is 1. The summed E-state index contributed by atoms with van der Waals surface area (Å²) >= 11 is 3.43. The number of nitrogen functional groups attached to an aromatic ring is 1. The van der Waals surface area contributed by atoms with E-state index >= 15 is 0 Å². The van der Waals surface area contributed by atoms with Crippen LogP contribution in [0.25, 0.3) is 10.9 Å². The number of anilines is 3. The van der Waals surface area contributed by atoms with Gasteiger partial charge in [-0.05, 0) is 18.2 Å². The Kier molecular flexibility index (Phi) is 5.65. The van der Waals surface area contributed by atoms with E-state index in [2.05, 4.69) is 36.2 Å². The molecule has 8 nitrogen and oxygen atoms in total. The molecule has 3 rings (SSSR count). The van der Waals surface area contributed by atoms with Crippen LogP contribution in [0.15, 0.2) is 47.3 Å². The van der Waals surface area contributed by atoms with Gasteiger partial charge in [-0.2, -0.15) is 8.42 Å². The van der Waals surface area contributed by atoms with Gasteiger partial charge in [0.15, 0.2) is 0 Å². The molecule has 0 aliphatic rings. The summed E-state index contributed by atoms with van der Waals surface area (Å²) in [7, 11) is -3.67. The summed E-state index contributed by atoms with van der Waals surface area (Å²) in [6, 6.07) is 9.57. The van der Waals surface area contributed by atoms with Crippen molar-refractivity contribution in [2.24, 2.45) is 0 Å². The van der Waals surface area contributed by atoms with Crippen molar-refractivity contribution in [3.8, 4) is 0 Å². The first kappa shape index (κ1) is 18.0. The van der Waals surface area contributed by atoms with Crippen LogP contribution in [0.3, 0.4) is 0 Å². The second-order valence-corrected chi connectivity index (χ2v) is 7.10. The maximum atomic E-state index is 9.19. The molecule has 10 heteroatoms. The number of nitrogens with zero attached hydrogens (tertiary/aromatic N) is 3. The lowest BCUT2D eigenvalue weighted by Gasteiger charge is -2.08. The van der Waals surface area contributed by atoms with Crippen LogP contribution in [-0.4, -0.2) is 34.2 Å². The van der Waals surface area contributed by atoms with E-state index in [-0.39, 0.29) is 0 Å². The van der Waals surface area contributed by atoms with Crippen molar-refractivity contribution >= 4 is 54.3 Å². The minimum absolute atomic E-state index is 0.444. The van der Waals surface area contributed by atoms with E-state index in [1.807, 2.05) is 24.3 Å². The molecule has 4 N–H and O–H groups in total. The van der Waals surface area contributed by atoms with Crippen LogP contribution in [0.5, 0.6) is 0 Å². The summed E-state index contributed by atoms with van der Waals surface area (Å²) < 4.78 is 26.9. The molecule has 1 aromatic carbocycles. The Morgan fingerprint density at radius 1 is 1.21 bits per heavy atom. The Morgan fingerprint density at radius 2 is 1.92 bits per heavy atom. The van der Waals surface area contributed by atoms with Crippen molar-refractivity contribution in [1.82, 2.24) is 15.0 Å². The summed E-state index contributed by atoms with van der Waals surface area (Å²) in [6.45, 7) is 0. The molecular weight excluding hydrogens is 398 g/mol. The number of nitrogens with two attached hydrogens (primary N) is 1. The lowest BCUT2D eigenvalue weighted by atomic mass is 10.2. The fourth-order valence-corrected chi connectivity index (χ4v) is 2.17. The first-order chi connectivity index (χ1) is 11.2. The predicted octanol–water partition coefficient (Wildman–Crippen LogP) is 2.62. The molecule has 126 valence electrons. The van der Waals surface area contributed by atoms with Crippen molar-refractivity contribution in [3.63, 3.8) is 0 Å². The van der Waals surface area contributed by atoms with E-state index in [9.17, 15) is 8.42 Å². The average Bonchev–Trinajstić information content (AvgIpc) is 2.45. The van der Waals surface area contributed by atoms with Crippen molar-refractivity contribution in [2.45, 2.75) is 0 Å². The molecule has 0 saturated carbocycles. The highest BCUT2D eigenvalue weighted by atomic mass is 79.9. The lowest BCUT2D eigenvalue weighted by Crippen LogP contribution is -1.97. The summed E-state index contributed by atoms with van der Waals surface area (Å²) in [5.74, 6) is 1.15. The maximum absolute atomic E-state index is 9.19. The number of halogens is 1. The molecule has 2 aromatic heterocycles. The highest BCUT2D eigenvalue weighted by molar-refractivity contribution is 9.10. The Morgan fingerprint density at radius 3 is 2.58 bits per heavy atom. The maximum Gasteiger partial charge on any atom is 0.261 e. The fraction of sp³-hybridized carbons (Fsp3) is 0.0714. The molecule has 0 saturated heterocycles. The Hall–Kier alpha value is -2.30. The molecule has 0 radical (unpaired) electrons. The molecular formula is C14H14BrN5O3S. The van der Waals surface area contributed by atoms with Crippen LogP contribution in [0.1, 0.15) is 0 Å². The fourth-order valence-electron chi connectivity index (χ4n) is 1.77. The minimum atomic E-state index is -3.67.